The maximum Gasteiger partial charge on any atom is 0.279 e. The lowest BCUT2D eigenvalue weighted by Crippen LogP contribution is -2.33. The van der Waals surface area contributed by atoms with E-state index in [1.54, 1.807) is 44.4 Å². The van der Waals surface area contributed by atoms with Gasteiger partial charge in [0.15, 0.2) is 4.83 Å². The number of hydrogen-bond donors (Lipinski definition) is 1. The molecule has 2 aromatic carbocycles. The first kappa shape index (κ1) is 18.8. The minimum absolute atomic E-state index is 0.342. The van der Waals surface area contributed by atoms with Crippen LogP contribution in [0.1, 0.15) is 13.0 Å². The molecule has 2 heterocycles. The second-order valence-electron chi connectivity index (χ2n) is 6.43. The highest BCUT2D eigenvalue weighted by Crippen LogP contribution is 2.30. The second-order valence-corrected chi connectivity index (χ2v) is 7.46. The molecule has 1 N–H and O–H groups in total. The van der Waals surface area contributed by atoms with Gasteiger partial charge in [0, 0.05) is 10.6 Å². The summed E-state index contributed by atoms with van der Waals surface area (Å²) in [6.07, 6.45) is 0. The van der Waals surface area contributed by atoms with E-state index in [9.17, 15) is 9.59 Å². The van der Waals surface area contributed by atoms with Crippen LogP contribution in [0.4, 0.5) is 5.69 Å². The molecule has 2 aromatic heterocycles. The number of fused-ring (bicyclic) bond motifs is 1. The van der Waals surface area contributed by atoms with Gasteiger partial charge >= 0.3 is 0 Å². The van der Waals surface area contributed by atoms with Crippen molar-refractivity contribution in [2.45, 2.75) is 13.0 Å². The lowest BCUT2D eigenvalue weighted by molar-refractivity contribution is -0.119. The predicted molar refractivity (Wildman–Crippen MR) is 113 cm³/mol. The number of nitrogens with one attached hydrogen (secondary N) is 1. The lowest BCUT2D eigenvalue weighted by atomic mass is 10.2. The number of anilines is 1. The van der Waals surface area contributed by atoms with Crippen LogP contribution in [-0.2, 0) is 4.79 Å². The summed E-state index contributed by atoms with van der Waals surface area (Å²) in [7, 11) is 1.57. The minimum Gasteiger partial charge on any atom is -0.497 e. The van der Waals surface area contributed by atoms with Crippen molar-refractivity contribution in [3.63, 3.8) is 0 Å². The molecular weight excluding hydrogens is 388 g/mol. The normalized spacial score (nSPS) is 11.9. The molecular formula is C21H18N4O3S. The fourth-order valence-corrected chi connectivity index (χ4v) is 3.86. The Balaban J connectivity index is 1.61. The average molecular weight is 406 g/mol. The fourth-order valence-electron chi connectivity index (χ4n) is 2.89. The molecule has 0 saturated carbocycles. The van der Waals surface area contributed by atoms with E-state index in [0.717, 1.165) is 15.1 Å². The average Bonchev–Trinajstić information content (AvgIpc) is 3.20. The molecule has 0 aliphatic carbocycles. The van der Waals surface area contributed by atoms with Gasteiger partial charge in [-0.05, 0) is 42.8 Å². The molecule has 1 atom stereocenters. The number of carbonyl (C=O) groups excluding carboxylic acids is 1. The minimum atomic E-state index is -0.818. The SMILES string of the molecule is COc1ccc(NC(=O)[C@H](C)n2nnc3sc(-c4ccccc4)cc3c2=O)cc1. The second kappa shape index (κ2) is 7.84. The Morgan fingerprint density at radius 3 is 2.55 bits per heavy atom. The number of aromatic nitrogens is 3. The maximum absolute atomic E-state index is 12.9. The molecule has 0 spiro atoms. The molecule has 146 valence electrons. The van der Waals surface area contributed by atoms with E-state index in [1.807, 2.05) is 30.3 Å². The molecule has 0 aliphatic heterocycles. The first-order valence-electron chi connectivity index (χ1n) is 8.96. The van der Waals surface area contributed by atoms with Gasteiger partial charge in [0.25, 0.3) is 5.56 Å². The molecule has 0 saturated heterocycles. The zero-order valence-electron chi connectivity index (χ0n) is 15.8. The van der Waals surface area contributed by atoms with Gasteiger partial charge in [0.05, 0.1) is 12.5 Å². The number of thiophene rings is 1. The maximum atomic E-state index is 12.9. The van der Waals surface area contributed by atoms with Gasteiger partial charge < -0.3 is 10.1 Å². The Hall–Kier alpha value is -3.52. The summed E-state index contributed by atoms with van der Waals surface area (Å²) >= 11 is 1.40. The summed E-state index contributed by atoms with van der Waals surface area (Å²) in [5.41, 5.74) is 1.27. The van der Waals surface area contributed by atoms with Crippen LogP contribution >= 0.6 is 11.3 Å². The van der Waals surface area contributed by atoms with Gasteiger partial charge in [0.2, 0.25) is 5.91 Å². The van der Waals surface area contributed by atoms with E-state index >= 15 is 0 Å². The number of rotatable bonds is 5. The van der Waals surface area contributed by atoms with Crippen molar-refractivity contribution in [3.05, 3.63) is 71.0 Å². The Labute approximate surface area is 170 Å². The molecule has 1 amide bonds. The number of ether oxygens (including phenoxy) is 1. The van der Waals surface area contributed by atoms with Gasteiger partial charge in [-0.25, -0.2) is 0 Å². The van der Waals surface area contributed by atoms with Gasteiger partial charge in [0.1, 0.15) is 11.8 Å². The topological polar surface area (TPSA) is 86.1 Å². The van der Waals surface area contributed by atoms with E-state index < -0.39 is 6.04 Å². The number of benzene rings is 2. The van der Waals surface area contributed by atoms with Gasteiger partial charge in [-0.15, -0.1) is 16.4 Å². The van der Waals surface area contributed by atoms with E-state index in [4.69, 9.17) is 4.74 Å². The standard InChI is InChI=1S/C21H18N4O3S/c1-13(19(26)22-15-8-10-16(28-2)11-9-15)25-21(27)17-12-18(29-20(17)23-24-25)14-6-4-3-5-7-14/h3-13H,1-2H3,(H,22,26)/t13-/m0/s1. The van der Waals surface area contributed by atoms with Crippen molar-refractivity contribution < 1.29 is 9.53 Å². The third-order valence-electron chi connectivity index (χ3n) is 4.55. The largest absolute Gasteiger partial charge is 0.497 e. The number of amides is 1. The van der Waals surface area contributed by atoms with E-state index in [0.29, 0.717) is 21.7 Å². The third-order valence-corrected chi connectivity index (χ3v) is 5.61. The summed E-state index contributed by atoms with van der Waals surface area (Å²) in [6.45, 7) is 1.62. The first-order valence-corrected chi connectivity index (χ1v) is 9.78. The van der Waals surface area contributed by atoms with Crippen LogP contribution in [0.5, 0.6) is 5.75 Å². The van der Waals surface area contributed by atoms with Crippen LogP contribution in [0.15, 0.2) is 65.5 Å². The van der Waals surface area contributed by atoms with Crippen molar-refractivity contribution in [2.24, 2.45) is 0 Å². The van der Waals surface area contributed by atoms with Gasteiger partial charge in [-0.2, -0.15) is 4.68 Å². The molecule has 0 fully saturated rings. The Kier molecular flexibility index (Phi) is 5.09. The predicted octanol–water partition coefficient (Wildman–Crippen LogP) is 3.73. The highest BCUT2D eigenvalue weighted by Gasteiger charge is 2.20. The molecule has 4 aromatic rings. The first-order chi connectivity index (χ1) is 14.1. The molecule has 0 radical (unpaired) electrons. The summed E-state index contributed by atoms with van der Waals surface area (Å²) in [5.74, 6) is 0.333. The molecule has 0 bridgehead atoms. The lowest BCUT2D eigenvalue weighted by Gasteiger charge is -2.13. The third kappa shape index (κ3) is 3.74. The highest BCUT2D eigenvalue weighted by atomic mass is 32.1. The summed E-state index contributed by atoms with van der Waals surface area (Å²) in [6, 6.07) is 17.7. The van der Waals surface area contributed by atoms with Gasteiger partial charge in [-0.3, -0.25) is 9.59 Å². The van der Waals surface area contributed by atoms with Crippen LogP contribution in [-0.4, -0.2) is 28.0 Å². The van der Waals surface area contributed by atoms with Crippen molar-refractivity contribution in [1.82, 2.24) is 15.0 Å². The Morgan fingerprint density at radius 2 is 1.86 bits per heavy atom. The van der Waals surface area contributed by atoms with Crippen LogP contribution < -0.4 is 15.6 Å². The van der Waals surface area contributed by atoms with Crippen molar-refractivity contribution in [1.29, 1.82) is 0 Å². The summed E-state index contributed by atoms with van der Waals surface area (Å²) in [5, 5.41) is 11.4. The zero-order valence-corrected chi connectivity index (χ0v) is 16.6. The summed E-state index contributed by atoms with van der Waals surface area (Å²) < 4.78 is 6.22. The van der Waals surface area contributed by atoms with Crippen LogP contribution in [0.25, 0.3) is 20.7 Å². The molecule has 4 rings (SSSR count). The number of carbonyl (C=O) groups is 1. The molecule has 7 nitrogen and oxygen atoms in total. The molecule has 0 unspecified atom stereocenters. The summed E-state index contributed by atoms with van der Waals surface area (Å²) in [4.78, 5) is 27.0. The zero-order chi connectivity index (χ0) is 20.4. The Bertz CT molecular complexity index is 1220. The van der Waals surface area contributed by atoms with Crippen LogP contribution in [0.3, 0.4) is 0 Å². The fraction of sp³-hybridized carbons (Fsp3) is 0.143. The van der Waals surface area contributed by atoms with Crippen LogP contribution in [0.2, 0.25) is 0 Å². The smallest absolute Gasteiger partial charge is 0.279 e. The Morgan fingerprint density at radius 1 is 1.14 bits per heavy atom. The molecule has 8 heteroatoms. The number of methoxy groups -OCH3 is 1. The van der Waals surface area contributed by atoms with Crippen molar-refractivity contribution in [2.75, 3.05) is 12.4 Å². The number of hydrogen-bond acceptors (Lipinski definition) is 6. The quantitative estimate of drug-likeness (QED) is 0.546. The van der Waals surface area contributed by atoms with Crippen LogP contribution in [0, 0.1) is 0 Å². The van der Waals surface area contributed by atoms with Gasteiger partial charge in [-0.1, -0.05) is 35.5 Å². The monoisotopic (exact) mass is 406 g/mol. The van der Waals surface area contributed by atoms with E-state index in [2.05, 4.69) is 15.6 Å². The van der Waals surface area contributed by atoms with Crippen molar-refractivity contribution in [3.8, 4) is 16.2 Å². The van der Waals surface area contributed by atoms with E-state index in [-0.39, 0.29) is 11.5 Å². The van der Waals surface area contributed by atoms with Crippen molar-refractivity contribution >= 4 is 33.1 Å². The van der Waals surface area contributed by atoms with E-state index in [1.165, 1.54) is 11.3 Å². The molecule has 0 aliphatic rings. The molecule has 29 heavy (non-hydrogen) atoms. The number of nitrogens with zero attached hydrogens (tertiary/aromatic N) is 3. The highest BCUT2D eigenvalue weighted by molar-refractivity contribution is 7.21.